The predicted molar refractivity (Wildman–Crippen MR) is 79.5 cm³/mol. The molecule has 0 heterocycles. The van der Waals surface area contributed by atoms with Crippen LogP contribution in [0.3, 0.4) is 0 Å². The Kier molecular flexibility index (Phi) is 3.78. The van der Waals surface area contributed by atoms with Crippen molar-refractivity contribution in [3.05, 3.63) is 29.3 Å². The Morgan fingerprint density at radius 3 is 2.55 bits per heavy atom. The summed E-state index contributed by atoms with van der Waals surface area (Å²) >= 11 is 3.21. The maximum Gasteiger partial charge on any atom is 0.573 e. The molecule has 3 rings (SSSR count). The number of halogens is 4. The van der Waals surface area contributed by atoms with Gasteiger partial charge in [0, 0.05) is 5.56 Å². The molecule has 0 radical (unpaired) electrons. The Bertz CT molecular complexity index is 606. The molecule has 0 aliphatic heterocycles. The van der Waals surface area contributed by atoms with E-state index >= 15 is 0 Å². The highest BCUT2D eigenvalue weighted by Crippen LogP contribution is 2.71. The molecule has 2 aliphatic rings. The van der Waals surface area contributed by atoms with Gasteiger partial charge in [0.25, 0.3) is 0 Å². The first-order valence-electron chi connectivity index (χ1n) is 7.30. The van der Waals surface area contributed by atoms with Crippen molar-refractivity contribution in [1.29, 1.82) is 0 Å². The highest BCUT2D eigenvalue weighted by Gasteiger charge is 2.59. The van der Waals surface area contributed by atoms with Crippen molar-refractivity contribution in [2.24, 2.45) is 5.41 Å². The molecule has 2 unspecified atom stereocenters. The van der Waals surface area contributed by atoms with Crippen molar-refractivity contribution in [2.45, 2.75) is 49.7 Å². The summed E-state index contributed by atoms with van der Waals surface area (Å²) < 4.78 is 41.9. The number of Topliss-reactive ketones (excluding diaryl/α,β-unsaturated/α-hetero) is 1. The normalized spacial score (nSPS) is 23.8. The van der Waals surface area contributed by atoms with Crippen molar-refractivity contribution in [1.82, 2.24) is 0 Å². The lowest BCUT2D eigenvalue weighted by Gasteiger charge is -2.27. The summed E-state index contributed by atoms with van der Waals surface area (Å²) in [5, 5.41) is 0. The third kappa shape index (κ3) is 2.90. The molecule has 1 aromatic rings. The number of benzene rings is 1. The molecule has 0 N–H and O–H groups in total. The summed E-state index contributed by atoms with van der Waals surface area (Å²) in [7, 11) is 0. The van der Waals surface area contributed by atoms with Crippen LogP contribution in [0.15, 0.2) is 18.2 Å². The van der Waals surface area contributed by atoms with E-state index in [2.05, 4.69) is 20.7 Å². The van der Waals surface area contributed by atoms with Crippen LogP contribution in [0.4, 0.5) is 13.2 Å². The van der Waals surface area contributed by atoms with Crippen LogP contribution < -0.4 is 4.74 Å². The first kappa shape index (κ1) is 15.8. The molecule has 2 nitrogen and oxygen atoms in total. The summed E-state index contributed by atoms with van der Waals surface area (Å²) in [5.41, 5.74) is 1.11. The Hall–Kier alpha value is -1.04. The number of alkyl halides is 4. The first-order chi connectivity index (χ1) is 10.2. The van der Waals surface area contributed by atoms with E-state index in [9.17, 15) is 18.0 Å². The zero-order valence-electron chi connectivity index (χ0n) is 12.0. The van der Waals surface area contributed by atoms with Gasteiger partial charge in [0.15, 0.2) is 5.78 Å². The second-order valence-electron chi connectivity index (χ2n) is 6.25. The van der Waals surface area contributed by atoms with Gasteiger partial charge in [-0.2, -0.15) is 0 Å². The summed E-state index contributed by atoms with van der Waals surface area (Å²) in [6.07, 6.45) is -0.595. The second-order valence-corrected chi connectivity index (χ2v) is 7.63. The van der Waals surface area contributed by atoms with Gasteiger partial charge in [0.1, 0.15) is 5.75 Å². The van der Waals surface area contributed by atoms with Crippen molar-refractivity contribution in [3.8, 4) is 5.75 Å². The van der Waals surface area contributed by atoms with Gasteiger partial charge in [0.05, 0.1) is 4.83 Å². The van der Waals surface area contributed by atoms with E-state index in [1.165, 1.54) is 12.1 Å². The number of ketones is 1. The average molecular weight is 377 g/mol. The van der Waals surface area contributed by atoms with E-state index in [1.54, 1.807) is 13.0 Å². The number of rotatable bonds is 4. The quantitative estimate of drug-likeness (QED) is 0.532. The molecular formula is C16H16BrF3O2. The van der Waals surface area contributed by atoms with E-state index < -0.39 is 6.36 Å². The van der Waals surface area contributed by atoms with Crippen molar-refractivity contribution < 1.29 is 22.7 Å². The van der Waals surface area contributed by atoms with Gasteiger partial charge in [-0.05, 0) is 61.3 Å². The smallest absolute Gasteiger partial charge is 0.405 e. The van der Waals surface area contributed by atoms with Crippen LogP contribution in [-0.4, -0.2) is 17.0 Å². The van der Waals surface area contributed by atoms with Crippen molar-refractivity contribution in [2.75, 3.05) is 0 Å². The Morgan fingerprint density at radius 1 is 1.41 bits per heavy atom. The molecule has 6 heteroatoms. The lowest BCUT2D eigenvalue weighted by Crippen LogP contribution is -2.20. The molecule has 2 aliphatic carbocycles. The molecule has 22 heavy (non-hydrogen) atoms. The molecule has 0 amide bonds. The van der Waals surface area contributed by atoms with Gasteiger partial charge in [-0.25, -0.2) is 0 Å². The topological polar surface area (TPSA) is 26.3 Å². The van der Waals surface area contributed by atoms with Crippen LogP contribution >= 0.6 is 15.9 Å². The summed E-state index contributed by atoms with van der Waals surface area (Å²) in [6.45, 7) is 1.70. The molecule has 1 aromatic carbocycles. The van der Waals surface area contributed by atoms with Crippen molar-refractivity contribution >= 4 is 21.7 Å². The van der Waals surface area contributed by atoms with E-state index in [4.69, 9.17) is 0 Å². The van der Waals surface area contributed by atoms with E-state index in [0.717, 1.165) is 25.7 Å². The maximum absolute atomic E-state index is 12.6. The fraction of sp³-hybridized carbons (Fsp3) is 0.562. The van der Waals surface area contributed by atoms with Crippen molar-refractivity contribution in [3.63, 3.8) is 0 Å². The van der Waals surface area contributed by atoms with Gasteiger partial charge in [-0.3, -0.25) is 4.79 Å². The second kappa shape index (κ2) is 5.25. The molecule has 2 fully saturated rings. The zero-order valence-corrected chi connectivity index (χ0v) is 13.6. The third-order valence-electron chi connectivity index (χ3n) is 4.80. The Labute approximate surface area is 135 Å². The molecular weight excluding hydrogens is 361 g/mol. The summed E-state index contributed by atoms with van der Waals surface area (Å²) in [5.74, 6) is -0.222. The van der Waals surface area contributed by atoms with Crippen LogP contribution in [0.2, 0.25) is 0 Å². The molecule has 2 atom stereocenters. The van der Waals surface area contributed by atoms with Gasteiger partial charge in [-0.15, -0.1) is 13.2 Å². The van der Waals surface area contributed by atoms with E-state index in [0.29, 0.717) is 11.1 Å². The molecule has 0 saturated heterocycles. The number of carbonyl (C=O) groups excluding carboxylic acids is 1. The molecule has 0 aromatic heterocycles. The maximum atomic E-state index is 12.6. The standard InChI is InChI=1S/C16H16BrF3O2/c1-9(17)14(21)10-3-4-13(22-16(18,19)20)11(7-10)12-8-15(12)5-2-6-15/h3-4,7,9,12H,2,5-6,8H2,1H3. The summed E-state index contributed by atoms with van der Waals surface area (Å²) in [4.78, 5) is 11.7. The van der Waals surface area contributed by atoms with Crippen LogP contribution in [0, 0.1) is 5.41 Å². The highest BCUT2D eigenvalue weighted by atomic mass is 79.9. The lowest BCUT2D eigenvalue weighted by atomic mass is 9.78. The van der Waals surface area contributed by atoms with Gasteiger partial charge in [0.2, 0.25) is 0 Å². The van der Waals surface area contributed by atoms with Crippen LogP contribution in [0.5, 0.6) is 5.75 Å². The minimum atomic E-state index is -4.72. The molecule has 0 bridgehead atoms. The summed E-state index contributed by atoms with van der Waals surface area (Å²) in [6, 6.07) is 4.26. The zero-order chi connectivity index (χ0) is 16.1. The minimum absolute atomic E-state index is 0.0805. The monoisotopic (exact) mass is 376 g/mol. The van der Waals surface area contributed by atoms with Crippen LogP contribution in [0.25, 0.3) is 0 Å². The van der Waals surface area contributed by atoms with Gasteiger partial charge in [-0.1, -0.05) is 22.4 Å². The molecule has 1 spiro atoms. The molecule has 2 saturated carbocycles. The number of hydrogen-bond donors (Lipinski definition) is 0. The Balaban J connectivity index is 1.94. The fourth-order valence-corrected chi connectivity index (χ4v) is 3.66. The number of ether oxygens (including phenoxy) is 1. The van der Waals surface area contributed by atoms with E-state index in [-0.39, 0.29) is 27.7 Å². The third-order valence-corrected chi connectivity index (χ3v) is 5.21. The molecule has 120 valence electrons. The fourth-order valence-electron chi connectivity index (χ4n) is 3.39. The SMILES string of the molecule is CC(Br)C(=O)c1ccc(OC(F)(F)F)c(C2CC23CCC3)c1. The average Bonchev–Trinajstić information content (AvgIpc) is 3.12. The largest absolute Gasteiger partial charge is 0.573 e. The van der Waals surface area contributed by atoms with Crippen LogP contribution in [-0.2, 0) is 0 Å². The predicted octanol–water partition coefficient (Wildman–Crippen LogP) is 5.21. The minimum Gasteiger partial charge on any atom is -0.405 e. The number of hydrogen-bond acceptors (Lipinski definition) is 2. The first-order valence-corrected chi connectivity index (χ1v) is 8.21. The van der Waals surface area contributed by atoms with Crippen LogP contribution in [0.1, 0.15) is 54.4 Å². The lowest BCUT2D eigenvalue weighted by molar-refractivity contribution is -0.274. The van der Waals surface area contributed by atoms with Gasteiger partial charge >= 0.3 is 6.36 Å². The van der Waals surface area contributed by atoms with Gasteiger partial charge < -0.3 is 4.74 Å². The van der Waals surface area contributed by atoms with E-state index in [1.807, 2.05) is 0 Å². The highest BCUT2D eigenvalue weighted by molar-refractivity contribution is 9.10. The number of carbonyl (C=O) groups is 1. The Morgan fingerprint density at radius 2 is 2.09 bits per heavy atom.